The maximum Gasteiger partial charge on any atom is 0.330 e. The largest absolute Gasteiger partial charge is 0.330 e. The van der Waals surface area contributed by atoms with E-state index in [2.05, 4.69) is 13.8 Å². The van der Waals surface area contributed by atoms with Crippen molar-refractivity contribution in [3.05, 3.63) is 0 Å². The SMILES string of the molecule is CCCCCOP(=O)(CCCC)OCC. The van der Waals surface area contributed by atoms with Gasteiger partial charge in [0.05, 0.1) is 19.4 Å². The summed E-state index contributed by atoms with van der Waals surface area (Å²) in [5.74, 6) is 0. The summed E-state index contributed by atoms with van der Waals surface area (Å²) in [5, 5.41) is 0. The number of rotatable bonds is 10. The minimum absolute atomic E-state index is 0.467. The highest BCUT2D eigenvalue weighted by Gasteiger charge is 2.22. The van der Waals surface area contributed by atoms with Crippen molar-refractivity contribution in [2.45, 2.75) is 52.9 Å². The van der Waals surface area contributed by atoms with E-state index >= 15 is 0 Å². The Labute approximate surface area is 94.1 Å². The van der Waals surface area contributed by atoms with Crippen molar-refractivity contribution in [3.63, 3.8) is 0 Å². The third-order valence-electron chi connectivity index (χ3n) is 2.15. The lowest BCUT2D eigenvalue weighted by Gasteiger charge is -2.17. The summed E-state index contributed by atoms with van der Waals surface area (Å²) in [6.45, 7) is 7.10. The zero-order chi connectivity index (χ0) is 11.6. The summed E-state index contributed by atoms with van der Waals surface area (Å²) in [7, 11) is -2.78. The highest BCUT2D eigenvalue weighted by Crippen LogP contribution is 2.48. The van der Waals surface area contributed by atoms with Gasteiger partial charge in [-0.2, -0.15) is 0 Å². The molecule has 3 nitrogen and oxygen atoms in total. The van der Waals surface area contributed by atoms with E-state index in [-0.39, 0.29) is 0 Å². The molecule has 0 amide bonds. The molecular formula is C11H25O3P. The van der Waals surface area contributed by atoms with Crippen LogP contribution >= 0.6 is 7.60 Å². The van der Waals surface area contributed by atoms with Crippen molar-refractivity contribution in [1.82, 2.24) is 0 Å². The zero-order valence-corrected chi connectivity index (χ0v) is 11.2. The van der Waals surface area contributed by atoms with Crippen molar-refractivity contribution >= 4 is 7.60 Å². The first-order valence-corrected chi connectivity index (χ1v) is 7.79. The Morgan fingerprint density at radius 2 is 1.60 bits per heavy atom. The Balaban J connectivity index is 3.84. The van der Waals surface area contributed by atoms with Crippen molar-refractivity contribution in [2.24, 2.45) is 0 Å². The quantitative estimate of drug-likeness (QED) is 0.420. The molecule has 4 heteroatoms. The van der Waals surface area contributed by atoms with Gasteiger partial charge >= 0.3 is 7.60 Å². The van der Waals surface area contributed by atoms with Crippen LogP contribution in [0.4, 0.5) is 0 Å². The van der Waals surface area contributed by atoms with Crippen LogP contribution in [0.15, 0.2) is 0 Å². The van der Waals surface area contributed by atoms with E-state index in [0.29, 0.717) is 19.4 Å². The van der Waals surface area contributed by atoms with Crippen molar-refractivity contribution < 1.29 is 13.6 Å². The lowest BCUT2D eigenvalue weighted by Crippen LogP contribution is -2.01. The molecule has 92 valence electrons. The molecule has 0 heterocycles. The Kier molecular flexibility index (Phi) is 9.48. The zero-order valence-electron chi connectivity index (χ0n) is 10.3. The summed E-state index contributed by atoms with van der Waals surface area (Å²) in [5.41, 5.74) is 0. The normalized spacial score (nSPS) is 15.1. The Hall–Kier alpha value is 0.150. The van der Waals surface area contributed by atoms with E-state index in [1.165, 1.54) is 0 Å². The van der Waals surface area contributed by atoms with E-state index in [1.807, 2.05) is 6.92 Å². The maximum absolute atomic E-state index is 12.1. The van der Waals surface area contributed by atoms with Gasteiger partial charge in [-0.25, -0.2) is 0 Å². The molecule has 0 spiro atoms. The molecule has 1 atom stereocenters. The lowest BCUT2D eigenvalue weighted by molar-refractivity contribution is 0.208. The molecule has 0 fully saturated rings. The second kappa shape index (κ2) is 9.38. The molecule has 0 aromatic heterocycles. The molecule has 0 aromatic carbocycles. The van der Waals surface area contributed by atoms with Crippen LogP contribution in [0.1, 0.15) is 52.9 Å². The molecule has 0 aliphatic carbocycles. The number of hydrogen-bond donors (Lipinski definition) is 0. The summed E-state index contributed by atoms with van der Waals surface area (Å²) in [4.78, 5) is 0. The monoisotopic (exact) mass is 236 g/mol. The average Bonchev–Trinajstić information content (AvgIpc) is 2.22. The molecule has 0 N–H and O–H groups in total. The Bertz CT molecular complexity index is 183. The highest BCUT2D eigenvalue weighted by atomic mass is 31.2. The Morgan fingerprint density at radius 3 is 2.13 bits per heavy atom. The number of unbranched alkanes of at least 4 members (excludes halogenated alkanes) is 3. The second-order valence-electron chi connectivity index (χ2n) is 3.65. The van der Waals surface area contributed by atoms with Crippen LogP contribution in [0, 0.1) is 0 Å². The van der Waals surface area contributed by atoms with Crippen LogP contribution in [-0.4, -0.2) is 19.4 Å². The average molecular weight is 236 g/mol. The summed E-state index contributed by atoms with van der Waals surface area (Å²) >= 11 is 0. The van der Waals surface area contributed by atoms with Gasteiger partial charge in [0.2, 0.25) is 0 Å². The van der Waals surface area contributed by atoms with Crippen LogP contribution in [0.25, 0.3) is 0 Å². The fourth-order valence-electron chi connectivity index (χ4n) is 1.27. The van der Waals surface area contributed by atoms with Gasteiger partial charge in [-0.3, -0.25) is 4.57 Å². The summed E-state index contributed by atoms with van der Waals surface area (Å²) < 4.78 is 22.7. The van der Waals surface area contributed by atoms with Crippen LogP contribution in [0.3, 0.4) is 0 Å². The molecule has 0 radical (unpaired) electrons. The number of hydrogen-bond acceptors (Lipinski definition) is 3. The minimum Gasteiger partial charge on any atom is -0.309 e. The van der Waals surface area contributed by atoms with Gasteiger partial charge in [-0.1, -0.05) is 33.1 Å². The van der Waals surface area contributed by atoms with Crippen molar-refractivity contribution in [2.75, 3.05) is 19.4 Å². The predicted molar refractivity (Wildman–Crippen MR) is 64.5 cm³/mol. The maximum atomic E-state index is 12.1. The highest BCUT2D eigenvalue weighted by molar-refractivity contribution is 7.53. The van der Waals surface area contributed by atoms with E-state index in [1.54, 1.807) is 0 Å². The second-order valence-corrected chi connectivity index (χ2v) is 5.83. The van der Waals surface area contributed by atoms with E-state index in [4.69, 9.17) is 9.05 Å². The van der Waals surface area contributed by atoms with Gasteiger partial charge in [0.25, 0.3) is 0 Å². The smallest absolute Gasteiger partial charge is 0.309 e. The molecule has 15 heavy (non-hydrogen) atoms. The molecule has 0 aromatic rings. The molecule has 1 unspecified atom stereocenters. The van der Waals surface area contributed by atoms with E-state index in [9.17, 15) is 4.57 Å². The van der Waals surface area contributed by atoms with Gasteiger partial charge in [-0.05, 0) is 19.8 Å². The van der Waals surface area contributed by atoms with Crippen LogP contribution < -0.4 is 0 Å². The summed E-state index contributed by atoms with van der Waals surface area (Å²) in [6.07, 6.45) is 5.74. The molecule has 0 saturated heterocycles. The lowest BCUT2D eigenvalue weighted by atomic mass is 10.3. The Morgan fingerprint density at radius 1 is 0.933 bits per heavy atom. The first-order chi connectivity index (χ1) is 7.18. The summed E-state index contributed by atoms with van der Waals surface area (Å²) in [6, 6.07) is 0. The third-order valence-corrected chi connectivity index (χ3v) is 4.24. The molecule has 0 aliphatic heterocycles. The molecule has 0 rings (SSSR count). The molecule has 0 aliphatic rings. The van der Waals surface area contributed by atoms with Crippen LogP contribution in [-0.2, 0) is 13.6 Å². The fourth-order valence-corrected chi connectivity index (χ4v) is 3.11. The molecular weight excluding hydrogens is 211 g/mol. The van der Waals surface area contributed by atoms with Crippen molar-refractivity contribution in [1.29, 1.82) is 0 Å². The van der Waals surface area contributed by atoms with E-state index in [0.717, 1.165) is 32.1 Å². The topological polar surface area (TPSA) is 35.5 Å². The van der Waals surface area contributed by atoms with Gasteiger partial charge in [0, 0.05) is 0 Å². The van der Waals surface area contributed by atoms with Crippen molar-refractivity contribution in [3.8, 4) is 0 Å². The van der Waals surface area contributed by atoms with Gasteiger partial charge in [0.1, 0.15) is 0 Å². The third kappa shape index (κ3) is 8.01. The minimum atomic E-state index is -2.78. The first-order valence-electron chi connectivity index (χ1n) is 6.06. The first kappa shape index (κ1) is 15.2. The fraction of sp³-hybridized carbons (Fsp3) is 1.00. The van der Waals surface area contributed by atoms with Gasteiger partial charge in [0.15, 0.2) is 0 Å². The van der Waals surface area contributed by atoms with Gasteiger partial charge in [-0.15, -0.1) is 0 Å². The van der Waals surface area contributed by atoms with Gasteiger partial charge < -0.3 is 9.05 Å². The van der Waals surface area contributed by atoms with Crippen LogP contribution in [0.2, 0.25) is 0 Å². The molecule has 0 saturated carbocycles. The molecule has 0 bridgehead atoms. The van der Waals surface area contributed by atoms with Crippen LogP contribution in [0.5, 0.6) is 0 Å². The predicted octanol–water partition coefficient (Wildman–Crippen LogP) is 4.22. The standard InChI is InChI=1S/C11H25O3P/c1-4-7-9-10-14-15(12,13-6-3)11-8-5-2/h4-11H2,1-3H3. The van der Waals surface area contributed by atoms with E-state index < -0.39 is 7.60 Å².